The number of aryl methyl sites for hydroxylation is 1. The Morgan fingerprint density at radius 2 is 1.87 bits per heavy atom. The SMILES string of the molecule is CCNC(=NCCCOc1ccccc1C)N1CCN(C(=O)c2ccco2)CC1.I. The summed E-state index contributed by atoms with van der Waals surface area (Å²) < 4.78 is 11.1. The third-order valence-electron chi connectivity index (χ3n) is 4.85. The summed E-state index contributed by atoms with van der Waals surface area (Å²) in [6.07, 6.45) is 2.38. The van der Waals surface area contributed by atoms with Crippen LogP contribution in [-0.2, 0) is 0 Å². The molecule has 0 aliphatic carbocycles. The van der Waals surface area contributed by atoms with Crippen molar-refractivity contribution in [3.63, 3.8) is 0 Å². The maximum absolute atomic E-state index is 12.4. The fraction of sp³-hybridized carbons (Fsp3) is 0.455. The second-order valence-electron chi connectivity index (χ2n) is 6.96. The first-order valence-corrected chi connectivity index (χ1v) is 10.2. The van der Waals surface area contributed by atoms with Crippen LogP contribution in [0.5, 0.6) is 5.75 Å². The third kappa shape index (κ3) is 6.65. The molecule has 7 nitrogen and oxygen atoms in total. The van der Waals surface area contributed by atoms with Gasteiger partial charge in [-0.05, 0) is 37.6 Å². The van der Waals surface area contributed by atoms with Gasteiger partial charge in [0.2, 0.25) is 0 Å². The molecule has 1 amide bonds. The first kappa shape index (κ1) is 24.0. The van der Waals surface area contributed by atoms with E-state index in [2.05, 4.69) is 17.1 Å². The van der Waals surface area contributed by atoms with Crippen molar-refractivity contribution in [1.29, 1.82) is 0 Å². The van der Waals surface area contributed by atoms with Crippen LogP contribution in [0.2, 0.25) is 0 Å². The number of carbonyl (C=O) groups is 1. The van der Waals surface area contributed by atoms with Gasteiger partial charge < -0.3 is 24.3 Å². The van der Waals surface area contributed by atoms with E-state index >= 15 is 0 Å². The van der Waals surface area contributed by atoms with Gasteiger partial charge >= 0.3 is 0 Å². The lowest BCUT2D eigenvalue weighted by Gasteiger charge is -2.36. The van der Waals surface area contributed by atoms with Crippen LogP contribution in [0.1, 0.15) is 29.5 Å². The number of amides is 1. The molecule has 1 saturated heterocycles. The molecule has 1 aliphatic rings. The quantitative estimate of drug-likeness (QED) is 0.259. The topological polar surface area (TPSA) is 70.3 Å². The van der Waals surface area contributed by atoms with Crippen LogP contribution in [0.15, 0.2) is 52.1 Å². The number of guanidine groups is 1. The standard InChI is InChI=1S/C22H30N4O3.HI/c1-3-23-22(24-11-7-17-28-19-9-5-4-8-18(19)2)26-14-12-25(13-15-26)21(27)20-10-6-16-29-20;/h4-6,8-10,16H,3,7,11-15,17H2,1-2H3,(H,23,24);1H. The van der Waals surface area contributed by atoms with E-state index in [9.17, 15) is 4.79 Å². The number of hydrogen-bond donors (Lipinski definition) is 1. The zero-order valence-corrected chi connectivity index (χ0v) is 20.0. The molecule has 1 aliphatic heterocycles. The zero-order valence-electron chi connectivity index (χ0n) is 17.7. The van der Waals surface area contributed by atoms with Gasteiger partial charge in [-0.25, -0.2) is 0 Å². The first-order valence-electron chi connectivity index (χ1n) is 10.2. The number of piperazine rings is 1. The molecule has 30 heavy (non-hydrogen) atoms. The van der Waals surface area contributed by atoms with Crippen molar-refractivity contribution in [3.8, 4) is 5.75 Å². The summed E-state index contributed by atoms with van der Waals surface area (Å²) in [6, 6.07) is 11.5. The summed E-state index contributed by atoms with van der Waals surface area (Å²) in [5.41, 5.74) is 1.14. The van der Waals surface area contributed by atoms with Crippen LogP contribution in [0.3, 0.4) is 0 Å². The monoisotopic (exact) mass is 526 g/mol. The Hall–Kier alpha value is -2.23. The van der Waals surface area contributed by atoms with E-state index in [1.165, 1.54) is 6.26 Å². The van der Waals surface area contributed by atoms with Crippen molar-refractivity contribution in [2.45, 2.75) is 20.3 Å². The molecule has 3 rings (SSSR count). The lowest BCUT2D eigenvalue weighted by Crippen LogP contribution is -2.53. The number of nitrogens with zero attached hydrogens (tertiary/aromatic N) is 3. The van der Waals surface area contributed by atoms with E-state index in [1.54, 1.807) is 12.1 Å². The fourth-order valence-corrected chi connectivity index (χ4v) is 3.25. The Morgan fingerprint density at radius 3 is 2.53 bits per heavy atom. The maximum Gasteiger partial charge on any atom is 0.289 e. The molecule has 0 unspecified atom stereocenters. The molecule has 2 heterocycles. The molecule has 1 aromatic heterocycles. The highest BCUT2D eigenvalue weighted by Gasteiger charge is 2.25. The normalized spacial score (nSPS) is 14.3. The number of carbonyl (C=O) groups excluding carboxylic acids is 1. The lowest BCUT2D eigenvalue weighted by molar-refractivity contribution is 0.0657. The number of nitrogens with one attached hydrogen (secondary N) is 1. The molecule has 164 valence electrons. The molecule has 1 N–H and O–H groups in total. The van der Waals surface area contributed by atoms with Gasteiger partial charge in [0.05, 0.1) is 12.9 Å². The van der Waals surface area contributed by atoms with Crippen LogP contribution in [0, 0.1) is 6.92 Å². The lowest BCUT2D eigenvalue weighted by atomic mass is 10.2. The van der Waals surface area contributed by atoms with Crippen LogP contribution in [-0.4, -0.2) is 67.5 Å². The Kier molecular flexibility index (Phi) is 9.99. The van der Waals surface area contributed by atoms with Crippen LogP contribution in [0.25, 0.3) is 0 Å². The Labute approximate surface area is 195 Å². The molecule has 8 heteroatoms. The summed E-state index contributed by atoms with van der Waals surface area (Å²) >= 11 is 0. The highest BCUT2D eigenvalue weighted by atomic mass is 127. The van der Waals surface area contributed by atoms with Crippen LogP contribution in [0.4, 0.5) is 0 Å². The number of ether oxygens (including phenoxy) is 1. The Morgan fingerprint density at radius 1 is 1.13 bits per heavy atom. The molecular weight excluding hydrogens is 495 g/mol. The summed E-state index contributed by atoms with van der Waals surface area (Å²) in [5, 5.41) is 3.35. The van der Waals surface area contributed by atoms with Gasteiger partial charge in [0.15, 0.2) is 11.7 Å². The molecular formula is C22H31IN4O3. The first-order chi connectivity index (χ1) is 14.2. The van der Waals surface area contributed by atoms with Crippen molar-refractivity contribution < 1.29 is 13.9 Å². The molecule has 0 radical (unpaired) electrons. The average Bonchev–Trinajstić information content (AvgIpc) is 3.28. The van der Waals surface area contributed by atoms with Gasteiger partial charge in [-0.15, -0.1) is 24.0 Å². The van der Waals surface area contributed by atoms with E-state index in [0.29, 0.717) is 32.0 Å². The number of halogens is 1. The molecule has 0 bridgehead atoms. The highest BCUT2D eigenvalue weighted by molar-refractivity contribution is 14.0. The number of benzene rings is 1. The largest absolute Gasteiger partial charge is 0.493 e. The molecule has 0 saturated carbocycles. The molecule has 1 fully saturated rings. The van der Waals surface area contributed by atoms with Crippen molar-refractivity contribution >= 4 is 35.8 Å². The molecule has 2 aromatic rings. The van der Waals surface area contributed by atoms with Gasteiger partial charge in [-0.1, -0.05) is 18.2 Å². The smallest absolute Gasteiger partial charge is 0.289 e. The molecule has 0 spiro atoms. The minimum absolute atomic E-state index is 0. The number of furan rings is 1. The van der Waals surface area contributed by atoms with E-state index in [-0.39, 0.29) is 29.9 Å². The second-order valence-corrected chi connectivity index (χ2v) is 6.96. The Balaban J connectivity index is 0.00000320. The average molecular weight is 526 g/mol. The van der Waals surface area contributed by atoms with Gasteiger partial charge in [0.1, 0.15) is 5.75 Å². The Bertz CT molecular complexity index is 802. The van der Waals surface area contributed by atoms with E-state index in [4.69, 9.17) is 14.1 Å². The summed E-state index contributed by atoms with van der Waals surface area (Å²) in [6.45, 7) is 9.06. The number of para-hydroxylation sites is 1. The molecule has 0 atom stereocenters. The minimum Gasteiger partial charge on any atom is -0.493 e. The van der Waals surface area contributed by atoms with Crippen molar-refractivity contribution in [3.05, 3.63) is 54.0 Å². The number of rotatable bonds is 7. The van der Waals surface area contributed by atoms with Gasteiger partial charge in [-0.3, -0.25) is 9.79 Å². The predicted octanol–water partition coefficient (Wildman–Crippen LogP) is 3.40. The third-order valence-corrected chi connectivity index (χ3v) is 4.85. The van der Waals surface area contributed by atoms with Crippen molar-refractivity contribution in [2.75, 3.05) is 45.9 Å². The summed E-state index contributed by atoms with van der Waals surface area (Å²) in [5.74, 6) is 2.17. The van der Waals surface area contributed by atoms with Crippen molar-refractivity contribution in [2.24, 2.45) is 4.99 Å². The summed E-state index contributed by atoms with van der Waals surface area (Å²) in [4.78, 5) is 21.2. The second kappa shape index (κ2) is 12.5. The number of hydrogen-bond acceptors (Lipinski definition) is 4. The highest BCUT2D eigenvalue weighted by Crippen LogP contribution is 2.16. The van der Waals surface area contributed by atoms with E-state index in [1.807, 2.05) is 36.1 Å². The van der Waals surface area contributed by atoms with Gasteiger partial charge in [-0.2, -0.15) is 0 Å². The van der Waals surface area contributed by atoms with Crippen molar-refractivity contribution in [1.82, 2.24) is 15.1 Å². The fourth-order valence-electron chi connectivity index (χ4n) is 3.25. The number of aliphatic imine (C=N–C) groups is 1. The zero-order chi connectivity index (χ0) is 20.5. The van der Waals surface area contributed by atoms with E-state index in [0.717, 1.165) is 43.3 Å². The van der Waals surface area contributed by atoms with Crippen LogP contribution < -0.4 is 10.1 Å². The van der Waals surface area contributed by atoms with Gasteiger partial charge in [0, 0.05) is 45.7 Å². The van der Waals surface area contributed by atoms with E-state index < -0.39 is 0 Å². The van der Waals surface area contributed by atoms with Crippen LogP contribution >= 0.6 is 24.0 Å². The summed E-state index contributed by atoms with van der Waals surface area (Å²) in [7, 11) is 0. The van der Waals surface area contributed by atoms with Gasteiger partial charge in [0.25, 0.3) is 5.91 Å². The minimum atomic E-state index is -0.0510. The maximum atomic E-state index is 12.4. The predicted molar refractivity (Wildman–Crippen MR) is 129 cm³/mol. The molecule has 1 aromatic carbocycles.